The number of hydrogen-bond acceptors (Lipinski definition) is 3. The first-order chi connectivity index (χ1) is 12.1. The molecule has 0 saturated heterocycles. The monoisotopic (exact) mass is 378 g/mol. The van der Waals surface area contributed by atoms with E-state index < -0.39 is 28.3 Å². The number of rotatable bonds is 6. The SMILES string of the molecule is Cc1ccc(C)c([C@@H](C)NC(=O)CN(c2ccccc2F)S(C)(=O)=O)c1. The fourth-order valence-corrected chi connectivity index (χ4v) is 3.61. The van der Waals surface area contributed by atoms with Gasteiger partial charge in [0.2, 0.25) is 15.9 Å². The number of nitrogens with one attached hydrogen (secondary N) is 1. The second-order valence-corrected chi connectivity index (χ2v) is 8.28. The number of amides is 1. The Labute approximate surface area is 153 Å². The van der Waals surface area contributed by atoms with Gasteiger partial charge in [0.05, 0.1) is 18.0 Å². The number of sulfonamides is 1. The third-order valence-electron chi connectivity index (χ3n) is 4.09. The molecule has 1 amide bonds. The Morgan fingerprint density at radius 2 is 1.85 bits per heavy atom. The molecule has 1 atom stereocenters. The molecule has 1 N–H and O–H groups in total. The van der Waals surface area contributed by atoms with Crippen molar-refractivity contribution in [1.29, 1.82) is 0 Å². The predicted octanol–water partition coefficient (Wildman–Crippen LogP) is 3.09. The lowest BCUT2D eigenvalue weighted by molar-refractivity contribution is -0.120. The van der Waals surface area contributed by atoms with Crippen molar-refractivity contribution in [1.82, 2.24) is 5.32 Å². The van der Waals surface area contributed by atoms with Crippen LogP contribution in [-0.2, 0) is 14.8 Å². The summed E-state index contributed by atoms with van der Waals surface area (Å²) in [5.74, 6) is -1.21. The van der Waals surface area contributed by atoms with Crippen molar-refractivity contribution in [2.45, 2.75) is 26.8 Å². The lowest BCUT2D eigenvalue weighted by atomic mass is 10.00. The lowest BCUT2D eigenvalue weighted by Crippen LogP contribution is -2.41. The Balaban J connectivity index is 2.20. The zero-order valence-electron chi connectivity index (χ0n) is 15.3. The summed E-state index contributed by atoms with van der Waals surface area (Å²) in [7, 11) is -3.82. The van der Waals surface area contributed by atoms with Gasteiger partial charge in [-0.05, 0) is 44.0 Å². The van der Waals surface area contributed by atoms with E-state index in [1.807, 2.05) is 39.0 Å². The molecule has 0 spiro atoms. The first-order valence-corrected chi connectivity index (χ1v) is 10.0. The van der Waals surface area contributed by atoms with Gasteiger partial charge in [0.15, 0.2) is 0 Å². The van der Waals surface area contributed by atoms with Crippen molar-refractivity contribution in [3.8, 4) is 0 Å². The van der Waals surface area contributed by atoms with Gasteiger partial charge < -0.3 is 5.32 Å². The van der Waals surface area contributed by atoms with Crippen LogP contribution >= 0.6 is 0 Å². The maximum Gasteiger partial charge on any atom is 0.241 e. The van der Waals surface area contributed by atoms with Gasteiger partial charge in [0.1, 0.15) is 12.4 Å². The van der Waals surface area contributed by atoms with Gasteiger partial charge in [-0.15, -0.1) is 0 Å². The fourth-order valence-electron chi connectivity index (χ4n) is 2.76. The van der Waals surface area contributed by atoms with Crippen LogP contribution in [0.15, 0.2) is 42.5 Å². The van der Waals surface area contributed by atoms with Crippen LogP contribution in [0.25, 0.3) is 0 Å². The summed E-state index contributed by atoms with van der Waals surface area (Å²) in [5, 5.41) is 2.79. The van der Waals surface area contributed by atoms with Crippen LogP contribution in [0.4, 0.5) is 10.1 Å². The number of halogens is 1. The quantitative estimate of drug-likeness (QED) is 0.840. The highest BCUT2D eigenvalue weighted by Gasteiger charge is 2.24. The minimum absolute atomic E-state index is 0.149. The topological polar surface area (TPSA) is 66.5 Å². The lowest BCUT2D eigenvalue weighted by Gasteiger charge is -2.24. The highest BCUT2D eigenvalue weighted by molar-refractivity contribution is 7.92. The van der Waals surface area contributed by atoms with Gasteiger partial charge in [-0.1, -0.05) is 35.9 Å². The molecule has 2 aromatic rings. The van der Waals surface area contributed by atoms with Crippen molar-refractivity contribution in [3.63, 3.8) is 0 Å². The van der Waals surface area contributed by atoms with Crippen molar-refractivity contribution < 1.29 is 17.6 Å². The number of benzene rings is 2. The van der Waals surface area contributed by atoms with Gasteiger partial charge in [-0.2, -0.15) is 0 Å². The zero-order chi connectivity index (χ0) is 19.5. The summed E-state index contributed by atoms with van der Waals surface area (Å²) < 4.78 is 38.9. The smallest absolute Gasteiger partial charge is 0.241 e. The number of carbonyl (C=O) groups is 1. The van der Waals surface area contributed by atoms with E-state index >= 15 is 0 Å². The molecule has 0 saturated carbocycles. The fraction of sp³-hybridized carbons (Fsp3) is 0.316. The van der Waals surface area contributed by atoms with E-state index in [4.69, 9.17) is 0 Å². The number of aryl methyl sites for hydroxylation is 2. The van der Waals surface area contributed by atoms with Crippen LogP contribution in [0, 0.1) is 19.7 Å². The molecular weight excluding hydrogens is 355 g/mol. The highest BCUT2D eigenvalue weighted by Crippen LogP contribution is 2.22. The molecule has 2 aromatic carbocycles. The Bertz CT molecular complexity index is 913. The molecule has 0 aliphatic rings. The first kappa shape index (κ1) is 19.9. The molecule has 0 bridgehead atoms. The van der Waals surface area contributed by atoms with E-state index in [9.17, 15) is 17.6 Å². The molecule has 2 rings (SSSR count). The largest absolute Gasteiger partial charge is 0.348 e. The Hall–Kier alpha value is -2.41. The van der Waals surface area contributed by atoms with Crippen molar-refractivity contribution >= 4 is 21.6 Å². The predicted molar refractivity (Wildman–Crippen MR) is 101 cm³/mol. The van der Waals surface area contributed by atoms with E-state index in [1.165, 1.54) is 18.2 Å². The summed E-state index contributed by atoms with van der Waals surface area (Å²) in [6.07, 6.45) is 0.945. The highest BCUT2D eigenvalue weighted by atomic mass is 32.2. The summed E-state index contributed by atoms with van der Waals surface area (Å²) in [6, 6.07) is 11.1. The van der Waals surface area contributed by atoms with Crippen molar-refractivity contribution in [2.24, 2.45) is 0 Å². The van der Waals surface area contributed by atoms with Crippen LogP contribution < -0.4 is 9.62 Å². The summed E-state index contributed by atoms with van der Waals surface area (Å²) in [6.45, 7) is 5.24. The summed E-state index contributed by atoms with van der Waals surface area (Å²) in [5.41, 5.74) is 2.90. The Morgan fingerprint density at radius 1 is 1.19 bits per heavy atom. The third kappa shape index (κ3) is 4.82. The van der Waals surface area contributed by atoms with E-state index in [-0.39, 0.29) is 11.7 Å². The molecule has 0 fully saturated rings. The Kier molecular flexibility index (Phi) is 6.02. The van der Waals surface area contributed by atoms with Gasteiger partial charge in [-0.3, -0.25) is 9.10 Å². The first-order valence-electron chi connectivity index (χ1n) is 8.18. The van der Waals surface area contributed by atoms with Crippen LogP contribution in [0.5, 0.6) is 0 Å². The van der Waals surface area contributed by atoms with Crippen LogP contribution in [0.3, 0.4) is 0 Å². The number of para-hydroxylation sites is 1. The standard InChI is InChI=1S/C19H23FN2O3S/c1-13-9-10-14(2)16(11-13)15(3)21-19(23)12-22(26(4,24)25)18-8-6-5-7-17(18)20/h5-11,15H,12H2,1-4H3,(H,21,23)/t15-/m1/s1. The zero-order valence-corrected chi connectivity index (χ0v) is 16.1. The van der Waals surface area contributed by atoms with E-state index in [2.05, 4.69) is 5.32 Å². The van der Waals surface area contributed by atoms with Gasteiger partial charge in [0, 0.05) is 0 Å². The molecule has 0 heterocycles. The number of nitrogens with zero attached hydrogens (tertiary/aromatic N) is 1. The summed E-state index contributed by atoms with van der Waals surface area (Å²) >= 11 is 0. The van der Waals surface area contributed by atoms with Crippen LogP contribution in [0.1, 0.15) is 29.7 Å². The maximum absolute atomic E-state index is 14.0. The number of carbonyl (C=O) groups excluding carboxylic acids is 1. The normalized spacial score (nSPS) is 12.5. The minimum Gasteiger partial charge on any atom is -0.348 e. The third-order valence-corrected chi connectivity index (χ3v) is 5.21. The van der Waals surface area contributed by atoms with E-state index in [0.29, 0.717) is 0 Å². The molecule has 0 unspecified atom stereocenters. The number of hydrogen-bond donors (Lipinski definition) is 1. The molecule has 5 nitrogen and oxygen atoms in total. The average molecular weight is 378 g/mol. The average Bonchev–Trinajstić information content (AvgIpc) is 2.54. The molecule has 0 aliphatic heterocycles. The van der Waals surface area contributed by atoms with Gasteiger partial charge in [0.25, 0.3) is 0 Å². The molecule has 0 radical (unpaired) electrons. The van der Waals surface area contributed by atoms with E-state index in [0.717, 1.165) is 33.3 Å². The molecular formula is C19H23FN2O3S. The Morgan fingerprint density at radius 3 is 2.46 bits per heavy atom. The second-order valence-electron chi connectivity index (χ2n) is 6.37. The van der Waals surface area contributed by atoms with E-state index in [1.54, 1.807) is 0 Å². The van der Waals surface area contributed by atoms with Crippen LogP contribution in [0.2, 0.25) is 0 Å². The van der Waals surface area contributed by atoms with Crippen molar-refractivity contribution in [2.75, 3.05) is 17.1 Å². The van der Waals surface area contributed by atoms with Gasteiger partial charge >= 0.3 is 0 Å². The summed E-state index contributed by atoms with van der Waals surface area (Å²) in [4.78, 5) is 12.4. The molecule has 0 aliphatic carbocycles. The molecule has 7 heteroatoms. The maximum atomic E-state index is 14.0. The van der Waals surface area contributed by atoms with Gasteiger partial charge in [-0.25, -0.2) is 12.8 Å². The van der Waals surface area contributed by atoms with Crippen LogP contribution in [-0.4, -0.2) is 27.1 Å². The molecule has 140 valence electrons. The second kappa shape index (κ2) is 7.86. The van der Waals surface area contributed by atoms with Crippen molar-refractivity contribution in [3.05, 3.63) is 65.0 Å². The molecule has 26 heavy (non-hydrogen) atoms. The minimum atomic E-state index is -3.82. The molecule has 0 aromatic heterocycles. The number of anilines is 1.